The molecule has 0 aliphatic rings. The molecule has 1 rings (SSSR count). The molecule has 1 aromatic rings. The Morgan fingerprint density at radius 1 is 1.56 bits per heavy atom. The summed E-state index contributed by atoms with van der Waals surface area (Å²) in [5, 5.41) is 7.97. The maximum atomic E-state index is 6.12. The number of aryl methyl sites for hydroxylation is 2. The van der Waals surface area contributed by atoms with Gasteiger partial charge in [-0.05, 0) is 33.3 Å². The van der Waals surface area contributed by atoms with E-state index in [4.69, 9.17) is 11.6 Å². The lowest BCUT2D eigenvalue weighted by Crippen LogP contribution is -2.45. The van der Waals surface area contributed by atoms with E-state index in [1.165, 1.54) is 5.69 Å². The molecule has 0 saturated heterocycles. The number of rotatable bonds is 5. The fraction of sp³-hybridized carbons (Fsp3) is 0.750. The Hall–Kier alpha value is -0.540. The Balaban J connectivity index is 2.64. The van der Waals surface area contributed by atoms with Gasteiger partial charge in [0.25, 0.3) is 0 Å². The van der Waals surface area contributed by atoms with Crippen molar-refractivity contribution >= 4 is 11.6 Å². The Kier molecular flexibility index (Phi) is 4.39. The summed E-state index contributed by atoms with van der Waals surface area (Å²) in [6.07, 6.45) is 0.975. The minimum Gasteiger partial charge on any atom is -0.305 e. The van der Waals surface area contributed by atoms with Gasteiger partial charge in [0.05, 0.1) is 11.4 Å². The third-order valence-electron chi connectivity index (χ3n) is 3.11. The number of halogens is 1. The largest absolute Gasteiger partial charge is 0.305 e. The number of hydrogen-bond acceptors (Lipinski definition) is 2. The summed E-state index contributed by atoms with van der Waals surface area (Å²) in [7, 11) is 1.98. The third kappa shape index (κ3) is 3.22. The standard InChI is InChI=1S/C12H22ClN3/c1-6-10-7-11(16(5)15-10)8-14-12(3,4)9(2)13/h7,9,14H,6,8H2,1-5H3. The fourth-order valence-corrected chi connectivity index (χ4v) is 1.45. The molecular formula is C12H22ClN3. The van der Waals surface area contributed by atoms with Gasteiger partial charge >= 0.3 is 0 Å². The van der Waals surface area contributed by atoms with Gasteiger partial charge in [0.2, 0.25) is 0 Å². The summed E-state index contributed by atoms with van der Waals surface area (Å²) in [6.45, 7) is 9.15. The van der Waals surface area contributed by atoms with Gasteiger partial charge < -0.3 is 5.32 Å². The highest BCUT2D eigenvalue weighted by Crippen LogP contribution is 2.15. The first-order valence-corrected chi connectivity index (χ1v) is 6.21. The zero-order chi connectivity index (χ0) is 12.3. The number of alkyl halides is 1. The first-order chi connectivity index (χ1) is 7.36. The molecule has 0 amide bonds. The van der Waals surface area contributed by atoms with Crippen LogP contribution in [0, 0.1) is 0 Å². The molecule has 0 bridgehead atoms. The maximum absolute atomic E-state index is 6.12. The summed E-state index contributed by atoms with van der Waals surface area (Å²) in [5.74, 6) is 0. The van der Waals surface area contributed by atoms with Crippen LogP contribution in [0.4, 0.5) is 0 Å². The average molecular weight is 244 g/mol. The van der Waals surface area contributed by atoms with Gasteiger partial charge in [-0.2, -0.15) is 5.10 Å². The van der Waals surface area contributed by atoms with Crippen molar-refractivity contribution in [1.29, 1.82) is 0 Å². The van der Waals surface area contributed by atoms with Crippen LogP contribution < -0.4 is 5.32 Å². The molecule has 0 radical (unpaired) electrons. The minimum absolute atomic E-state index is 0.0712. The highest BCUT2D eigenvalue weighted by Gasteiger charge is 2.23. The van der Waals surface area contributed by atoms with Crippen LogP contribution in [0.2, 0.25) is 0 Å². The lowest BCUT2D eigenvalue weighted by molar-refractivity contribution is 0.374. The molecule has 1 heterocycles. The van der Waals surface area contributed by atoms with Crippen molar-refractivity contribution in [2.24, 2.45) is 7.05 Å². The van der Waals surface area contributed by atoms with Crippen LogP contribution in [0.5, 0.6) is 0 Å². The zero-order valence-corrected chi connectivity index (χ0v) is 11.6. The predicted molar refractivity (Wildman–Crippen MR) is 68.8 cm³/mol. The molecule has 3 nitrogen and oxygen atoms in total. The normalized spacial score (nSPS) is 14.1. The Morgan fingerprint density at radius 3 is 2.62 bits per heavy atom. The number of nitrogens with one attached hydrogen (secondary N) is 1. The molecule has 1 N–H and O–H groups in total. The van der Waals surface area contributed by atoms with Gasteiger partial charge in [0, 0.05) is 24.5 Å². The molecule has 1 atom stereocenters. The van der Waals surface area contributed by atoms with Crippen molar-refractivity contribution in [3.63, 3.8) is 0 Å². The van der Waals surface area contributed by atoms with E-state index in [1.807, 2.05) is 18.7 Å². The van der Waals surface area contributed by atoms with Gasteiger partial charge in [-0.1, -0.05) is 6.92 Å². The summed E-state index contributed by atoms with van der Waals surface area (Å²) in [4.78, 5) is 0. The van der Waals surface area contributed by atoms with Crippen LogP contribution in [0.1, 0.15) is 39.1 Å². The van der Waals surface area contributed by atoms with Crippen LogP contribution in [0.25, 0.3) is 0 Å². The van der Waals surface area contributed by atoms with Gasteiger partial charge in [0.15, 0.2) is 0 Å². The van der Waals surface area contributed by atoms with Crippen LogP contribution in [-0.4, -0.2) is 20.7 Å². The Morgan fingerprint density at radius 2 is 2.19 bits per heavy atom. The zero-order valence-electron chi connectivity index (χ0n) is 10.8. The molecule has 0 saturated carbocycles. The SMILES string of the molecule is CCc1cc(CNC(C)(C)C(C)Cl)n(C)n1. The van der Waals surface area contributed by atoms with Crippen molar-refractivity contribution in [3.8, 4) is 0 Å². The first kappa shape index (κ1) is 13.5. The van der Waals surface area contributed by atoms with E-state index in [0.29, 0.717) is 0 Å². The van der Waals surface area contributed by atoms with Gasteiger partial charge in [-0.3, -0.25) is 4.68 Å². The average Bonchev–Trinajstić information content (AvgIpc) is 2.56. The highest BCUT2D eigenvalue weighted by molar-refractivity contribution is 6.21. The Bertz CT molecular complexity index is 342. The van der Waals surface area contributed by atoms with E-state index in [-0.39, 0.29) is 10.9 Å². The second-order valence-corrected chi connectivity index (χ2v) is 5.45. The topological polar surface area (TPSA) is 29.9 Å². The van der Waals surface area contributed by atoms with Crippen LogP contribution in [0.3, 0.4) is 0 Å². The number of nitrogens with zero attached hydrogens (tertiary/aromatic N) is 2. The van der Waals surface area contributed by atoms with Gasteiger partial charge in [-0.25, -0.2) is 0 Å². The van der Waals surface area contributed by atoms with Gasteiger partial charge in [0.1, 0.15) is 0 Å². The molecular weight excluding hydrogens is 222 g/mol. The predicted octanol–water partition coefficient (Wildman–Crippen LogP) is 2.48. The van der Waals surface area contributed by atoms with Crippen LogP contribution >= 0.6 is 11.6 Å². The molecule has 0 spiro atoms. The monoisotopic (exact) mass is 243 g/mol. The summed E-state index contributed by atoms with van der Waals surface area (Å²) in [5.41, 5.74) is 2.26. The fourth-order valence-electron chi connectivity index (χ4n) is 1.37. The summed E-state index contributed by atoms with van der Waals surface area (Å²) >= 11 is 6.12. The molecule has 0 aliphatic carbocycles. The molecule has 16 heavy (non-hydrogen) atoms. The van der Waals surface area contributed by atoms with Crippen molar-refractivity contribution < 1.29 is 0 Å². The first-order valence-electron chi connectivity index (χ1n) is 5.77. The van der Waals surface area contributed by atoms with E-state index in [0.717, 1.165) is 18.7 Å². The Labute approximate surface area is 103 Å². The van der Waals surface area contributed by atoms with Crippen LogP contribution in [0.15, 0.2) is 6.07 Å². The second-order valence-electron chi connectivity index (χ2n) is 4.80. The molecule has 1 unspecified atom stereocenters. The van der Waals surface area contributed by atoms with E-state index < -0.39 is 0 Å². The highest BCUT2D eigenvalue weighted by atomic mass is 35.5. The van der Waals surface area contributed by atoms with E-state index >= 15 is 0 Å². The quantitative estimate of drug-likeness (QED) is 0.806. The maximum Gasteiger partial charge on any atom is 0.0625 e. The second kappa shape index (κ2) is 5.19. The summed E-state index contributed by atoms with van der Waals surface area (Å²) in [6, 6.07) is 2.14. The summed E-state index contributed by atoms with van der Waals surface area (Å²) < 4.78 is 1.93. The van der Waals surface area contributed by atoms with E-state index in [9.17, 15) is 0 Å². The third-order valence-corrected chi connectivity index (χ3v) is 3.65. The van der Waals surface area contributed by atoms with Crippen LogP contribution in [-0.2, 0) is 20.0 Å². The number of aromatic nitrogens is 2. The van der Waals surface area contributed by atoms with Crippen molar-refractivity contribution in [2.45, 2.75) is 51.6 Å². The van der Waals surface area contributed by atoms with E-state index in [1.54, 1.807) is 0 Å². The number of hydrogen-bond donors (Lipinski definition) is 1. The van der Waals surface area contributed by atoms with Crippen molar-refractivity contribution in [3.05, 3.63) is 17.5 Å². The van der Waals surface area contributed by atoms with E-state index in [2.05, 4.69) is 37.3 Å². The van der Waals surface area contributed by atoms with Crippen molar-refractivity contribution in [1.82, 2.24) is 15.1 Å². The molecule has 1 aromatic heterocycles. The molecule has 0 aliphatic heterocycles. The lowest BCUT2D eigenvalue weighted by Gasteiger charge is -2.29. The smallest absolute Gasteiger partial charge is 0.0625 e. The molecule has 0 aromatic carbocycles. The minimum atomic E-state index is -0.0712. The van der Waals surface area contributed by atoms with Gasteiger partial charge in [-0.15, -0.1) is 11.6 Å². The lowest BCUT2D eigenvalue weighted by atomic mass is 10.0. The van der Waals surface area contributed by atoms with Crippen molar-refractivity contribution in [2.75, 3.05) is 0 Å². The molecule has 0 fully saturated rings. The molecule has 92 valence electrons. The molecule has 4 heteroatoms.